The van der Waals surface area contributed by atoms with Crippen molar-refractivity contribution in [1.29, 1.82) is 0 Å². The summed E-state index contributed by atoms with van der Waals surface area (Å²) in [6.45, 7) is 3.40. The van der Waals surface area contributed by atoms with Gasteiger partial charge in [-0.05, 0) is 43.2 Å². The van der Waals surface area contributed by atoms with Crippen LogP contribution in [0.5, 0.6) is 5.75 Å². The van der Waals surface area contributed by atoms with Crippen molar-refractivity contribution in [1.82, 2.24) is 15.2 Å². The van der Waals surface area contributed by atoms with Gasteiger partial charge >= 0.3 is 0 Å². The van der Waals surface area contributed by atoms with E-state index in [0.717, 1.165) is 24.3 Å². The third-order valence-electron chi connectivity index (χ3n) is 2.99. The molecule has 0 aliphatic heterocycles. The molecule has 1 unspecified atom stereocenters. The lowest BCUT2D eigenvalue weighted by atomic mass is 10.1. The number of aromatic nitrogens is 2. The number of aryl methyl sites for hydroxylation is 1. The van der Waals surface area contributed by atoms with Crippen LogP contribution in [0.15, 0.2) is 36.7 Å². The van der Waals surface area contributed by atoms with Crippen molar-refractivity contribution in [2.24, 2.45) is 5.84 Å². The predicted octanol–water partition coefficient (Wildman–Crippen LogP) is 2.01. The maximum Gasteiger partial charge on any atom is 0.119 e. The Morgan fingerprint density at radius 2 is 2.15 bits per heavy atom. The summed E-state index contributed by atoms with van der Waals surface area (Å²) in [5, 5.41) is 4.94. The van der Waals surface area contributed by atoms with Crippen molar-refractivity contribution in [3.05, 3.63) is 47.2 Å². The largest absolute Gasteiger partial charge is 0.492 e. The van der Waals surface area contributed by atoms with Gasteiger partial charge in [0, 0.05) is 17.8 Å². The van der Waals surface area contributed by atoms with E-state index >= 15 is 0 Å². The van der Waals surface area contributed by atoms with Crippen LogP contribution in [0.2, 0.25) is 5.02 Å². The van der Waals surface area contributed by atoms with E-state index in [4.69, 9.17) is 22.2 Å². The van der Waals surface area contributed by atoms with Crippen LogP contribution in [0.1, 0.15) is 12.5 Å². The molecule has 0 saturated heterocycles. The Morgan fingerprint density at radius 1 is 1.40 bits per heavy atom. The van der Waals surface area contributed by atoms with Gasteiger partial charge in [-0.3, -0.25) is 16.0 Å². The molecule has 2 rings (SSSR count). The molecule has 1 atom stereocenters. The van der Waals surface area contributed by atoms with E-state index in [1.807, 2.05) is 29.2 Å². The van der Waals surface area contributed by atoms with Gasteiger partial charge in [-0.2, -0.15) is 5.10 Å². The Labute approximate surface area is 123 Å². The second-order valence-electron chi connectivity index (χ2n) is 4.54. The number of nitrogens with two attached hydrogens (primary N) is 1. The first-order valence-corrected chi connectivity index (χ1v) is 6.95. The van der Waals surface area contributed by atoms with Crippen LogP contribution in [0.25, 0.3) is 0 Å². The molecule has 0 saturated carbocycles. The molecule has 0 amide bonds. The lowest BCUT2D eigenvalue weighted by Gasteiger charge is -2.16. The van der Waals surface area contributed by atoms with Gasteiger partial charge in [-0.15, -0.1) is 0 Å². The molecular weight excluding hydrogens is 276 g/mol. The highest BCUT2D eigenvalue weighted by Crippen LogP contribution is 2.16. The van der Waals surface area contributed by atoms with Crippen molar-refractivity contribution in [2.75, 3.05) is 6.61 Å². The number of hydrogen-bond acceptors (Lipinski definition) is 4. The second-order valence-corrected chi connectivity index (χ2v) is 4.97. The van der Waals surface area contributed by atoms with E-state index in [0.29, 0.717) is 11.6 Å². The quantitative estimate of drug-likeness (QED) is 0.606. The van der Waals surface area contributed by atoms with Crippen molar-refractivity contribution in [2.45, 2.75) is 25.9 Å². The highest BCUT2D eigenvalue weighted by Gasteiger charge is 2.10. The molecule has 0 fully saturated rings. The lowest BCUT2D eigenvalue weighted by molar-refractivity contribution is 0.264. The maximum absolute atomic E-state index is 5.83. The number of hydrazine groups is 1. The molecule has 20 heavy (non-hydrogen) atoms. The molecule has 0 bridgehead atoms. The molecule has 5 nitrogen and oxygen atoms in total. The third-order valence-corrected chi connectivity index (χ3v) is 3.25. The lowest BCUT2D eigenvalue weighted by Crippen LogP contribution is -2.41. The predicted molar refractivity (Wildman–Crippen MR) is 79.7 cm³/mol. The van der Waals surface area contributed by atoms with Gasteiger partial charge in [-0.25, -0.2) is 0 Å². The summed E-state index contributed by atoms with van der Waals surface area (Å²) in [6, 6.07) is 7.30. The molecule has 1 aromatic carbocycles. The first-order chi connectivity index (χ1) is 9.71. The van der Waals surface area contributed by atoms with Crippen LogP contribution in [0.4, 0.5) is 0 Å². The van der Waals surface area contributed by atoms with Gasteiger partial charge in [0.05, 0.1) is 12.2 Å². The average molecular weight is 295 g/mol. The molecule has 2 aromatic rings. The van der Waals surface area contributed by atoms with Crippen LogP contribution >= 0.6 is 11.6 Å². The van der Waals surface area contributed by atoms with E-state index in [2.05, 4.69) is 17.4 Å². The van der Waals surface area contributed by atoms with Crippen LogP contribution in [0, 0.1) is 0 Å². The third kappa shape index (κ3) is 4.23. The van der Waals surface area contributed by atoms with E-state index < -0.39 is 0 Å². The molecule has 1 aromatic heterocycles. The van der Waals surface area contributed by atoms with Crippen LogP contribution in [-0.2, 0) is 13.0 Å². The molecule has 0 aliphatic carbocycles. The van der Waals surface area contributed by atoms with Gasteiger partial charge < -0.3 is 4.74 Å². The van der Waals surface area contributed by atoms with Crippen molar-refractivity contribution in [3.63, 3.8) is 0 Å². The summed E-state index contributed by atoms with van der Waals surface area (Å²) in [4.78, 5) is 0. The van der Waals surface area contributed by atoms with Crippen LogP contribution in [-0.4, -0.2) is 22.4 Å². The number of nitrogens with zero attached hydrogens (tertiary/aromatic N) is 2. The first-order valence-electron chi connectivity index (χ1n) is 6.57. The number of hydrogen-bond donors (Lipinski definition) is 2. The van der Waals surface area contributed by atoms with Gasteiger partial charge in [0.15, 0.2) is 0 Å². The van der Waals surface area contributed by atoms with Crippen molar-refractivity contribution < 1.29 is 4.74 Å². The van der Waals surface area contributed by atoms with Crippen LogP contribution in [0.3, 0.4) is 0 Å². The zero-order valence-corrected chi connectivity index (χ0v) is 12.2. The van der Waals surface area contributed by atoms with E-state index in [1.54, 1.807) is 12.1 Å². The highest BCUT2D eigenvalue weighted by molar-refractivity contribution is 6.30. The molecular formula is C14H19ClN4O. The van der Waals surface area contributed by atoms with Gasteiger partial charge in [0.25, 0.3) is 0 Å². The molecule has 108 valence electrons. The topological polar surface area (TPSA) is 65.1 Å². The zero-order valence-electron chi connectivity index (χ0n) is 11.4. The summed E-state index contributed by atoms with van der Waals surface area (Å²) in [5.41, 5.74) is 3.91. The van der Waals surface area contributed by atoms with E-state index in [-0.39, 0.29) is 6.04 Å². The standard InChI is InChI=1S/C14H19ClN4O/c1-2-19-9-11(8-17-19)7-13(18-16)10-20-14-5-3-12(15)4-6-14/h3-6,8-9,13,18H,2,7,10,16H2,1H3. The highest BCUT2D eigenvalue weighted by atomic mass is 35.5. The van der Waals surface area contributed by atoms with Gasteiger partial charge in [0.2, 0.25) is 0 Å². The van der Waals surface area contributed by atoms with E-state index in [1.165, 1.54) is 0 Å². The van der Waals surface area contributed by atoms with Gasteiger partial charge in [0.1, 0.15) is 12.4 Å². The number of halogens is 1. The first kappa shape index (κ1) is 14.8. The Hall–Kier alpha value is -1.56. The Bertz CT molecular complexity index is 526. The van der Waals surface area contributed by atoms with Crippen molar-refractivity contribution >= 4 is 11.6 Å². The van der Waals surface area contributed by atoms with Crippen molar-refractivity contribution in [3.8, 4) is 5.75 Å². The molecule has 3 N–H and O–H groups in total. The smallest absolute Gasteiger partial charge is 0.119 e. The molecule has 0 radical (unpaired) electrons. The number of nitrogens with one attached hydrogen (secondary N) is 1. The number of benzene rings is 1. The molecule has 1 heterocycles. The fourth-order valence-corrected chi connectivity index (χ4v) is 1.99. The summed E-state index contributed by atoms with van der Waals surface area (Å²) in [7, 11) is 0. The summed E-state index contributed by atoms with van der Waals surface area (Å²) < 4.78 is 7.58. The zero-order chi connectivity index (χ0) is 14.4. The molecule has 0 spiro atoms. The average Bonchev–Trinajstić information content (AvgIpc) is 2.93. The summed E-state index contributed by atoms with van der Waals surface area (Å²) in [6.07, 6.45) is 4.65. The second kappa shape index (κ2) is 7.28. The normalized spacial score (nSPS) is 12.3. The Kier molecular flexibility index (Phi) is 5.40. The minimum Gasteiger partial charge on any atom is -0.492 e. The maximum atomic E-state index is 5.83. The minimum absolute atomic E-state index is 0.0279. The van der Waals surface area contributed by atoms with Gasteiger partial charge in [-0.1, -0.05) is 11.6 Å². The van der Waals surface area contributed by atoms with E-state index in [9.17, 15) is 0 Å². The molecule has 6 heteroatoms. The SMILES string of the molecule is CCn1cc(CC(COc2ccc(Cl)cc2)NN)cn1. The fourth-order valence-electron chi connectivity index (χ4n) is 1.86. The van der Waals surface area contributed by atoms with Crippen LogP contribution < -0.4 is 16.0 Å². The molecule has 0 aliphatic rings. The summed E-state index contributed by atoms with van der Waals surface area (Å²) >= 11 is 5.83. The number of ether oxygens (including phenoxy) is 1. The monoisotopic (exact) mass is 294 g/mol. The minimum atomic E-state index is 0.0279. The Balaban J connectivity index is 1.87. The summed E-state index contributed by atoms with van der Waals surface area (Å²) in [5.74, 6) is 6.35. The Morgan fingerprint density at radius 3 is 2.75 bits per heavy atom. The fraction of sp³-hybridized carbons (Fsp3) is 0.357. The number of rotatable bonds is 7.